The third-order valence-electron chi connectivity index (χ3n) is 4.78. The van der Waals surface area contributed by atoms with Crippen molar-refractivity contribution in [2.24, 2.45) is 0 Å². The van der Waals surface area contributed by atoms with Crippen LogP contribution in [0.1, 0.15) is 40.4 Å². The lowest BCUT2D eigenvalue weighted by Crippen LogP contribution is -2.28. The Balaban J connectivity index is 1.47. The van der Waals surface area contributed by atoms with E-state index in [4.69, 9.17) is 9.15 Å². The normalized spacial score (nSPS) is 14.5. The van der Waals surface area contributed by atoms with E-state index in [1.807, 2.05) is 0 Å². The minimum absolute atomic E-state index is 0.00908. The molecule has 10 heteroatoms. The Bertz CT molecular complexity index is 1040. The van der Waals surface area contributed by atoms with E-state index in [9.17, 15) is 9.59 Å². The third-order valence-corrected chi connectivity index (χ3v) is 4.78. The van der Waals surface area contributed by atoms with E-state index < -0.39 is 11.5 Å². The highest BCUT2D eigenvalue weighted by Crippen LogP contribution is 2.26. The monoisotopic (exact) mass is 396 g/mol. The van der Waals surface area contributed by atoms with Gasteiger partial charge >= 0.3 is 11.6 Å². The number of nitrogens with one attached hydrogen (secondary N) is 3. The van der Waals surface area contributed by atoms with Crippen LogP contribution in [0.25, 0.3) is 0 Å². The molecule has 0 saturated carbocycles. The number of rotatable bonds is 5. The lowest BCUT2D eigenvalue weighted by Gasteiger charge is -2.21. The molecular weight excluding hydrogens is 376 g/mol. The molecule has 3 heterocycles. The number of aromatic nitrogens is 4. The number of H-pyrrole nitrogens is 1. The highest BCUT2D eigenvalue weighted by atomic mass is 16.5. The van der Waals surface area contributed by atoms with Gasteiger partial charge in [0.2, 0.25) is 0 Å². The lowest BCUT2D eigenvalue weighted by molar-refractivity contribution is 0.102. The van der Waals surface area contributed by atoms with Crippen molar-refractivity contribution >= 4 is 11.6 Å². The molecule has 1 amide bonds. The van der Waals surface area contributed by atoms with Crippen molar-refractivity contribution in [2.75, 3.05) is 18.4 Å². The van der Waals surface area contributed by atoms with Crippen LogP contribution in [-0.4, -0.2) is 39.6 Å². The minimum Gasteiger partial charge on any atom is -0.427 e. The number of ether oxygens (including phenoxy) is 1. The Morgan fingerprint density at radius 3 is 2.66 bits per heavy atom. The standard InChI is InChI=1S/C19H20N6O4/c1-11-10-15(12-6-8-20-9-7-12)29-18(27)16(11)17(26)21-13-2-4-14(5-3-13)28-19-22-24-25-23-19/h2-5,10,12,20H,6-9H2,1H3,(H,21,26)(H,22,23,24,25). The Morgan fingerprint density at radius 2 is 2.00 bits per heavy atom. The van der Waals surface area contributed by atoms with Crippen LogP contribution in [0.3, 0.4) is 0 Å². The minimum atomic E-state index is -0.618. The van der Waals surface area contributed by atoms with Gasteiger partial charge in [0.1, 0.15) is 17.1 Å². The van der Waals surface area contributed by atoms with Crippen molar-refractivity contribution in [1.29, 1.82) is 0 Å². The van der Waals surface area contributed by atoms with Crippen LogP contribution in [0.15, 0.2) is 39.5 Å². The molecule has 0 unspecified atom stereocenters. The Morgan fingerprint density at radius 1 is 1.24 bits per heavy atom. The maximum absolute atomic E-state index is 12.6. The van der Waals surface area contributed by atoms with Gasteiger partial charge in [-0.15, -0.1) is 0 Å². The average molecular weight is 396 g/mol. The summed E-state index contributed by atoms with van der Waals surface area (Å²) < 4.78 is 10.9. The summed E-state index contributed by atoms with van der Waals surface area (Å²) in [6.45, 7) is 3.53. The van der Waals surface area contributed by atoms with Crippen LogP contribution < -0.4 is 21.0 Å². The first-order chi connectivity index (χ1) is 14.1. The predicted octanol–water partition coefficient (Wildman–Crippen LogP) is 1.97. The molecule has 3 aromatic rings. The predicted molar refractivity (Wildman–Crippen MR) is 103 cm³/mol. The third kappa shape index (κ3) is 4.32. The zero-order valence-corrected chi connectivity index (χ0v) is 15.8. The molecule has 1 aliphatic rings. The molecule has 1 fully saturated rings. The molecule has 1 aliphatic heterocycles. The Kier molecular flexibility index (Phi) is 5.34. The molecule has 0 spiro atoms. The average Bonchev–Trinajstić information content (AvgIpc) is 3.23. The number of carbonyl (C=O) groups is 1. The van der Waals surface area contributed by atoms with Crippen molar-refractivity contribution in [3.05, 3.63) is 57.6 Å². The summed E-state index contributed by atoms with van der Waals surface area (Å²) in [5.74, 6) is 0.811. The molecule has 0 atom stereocenters. The number of nitrogens with zero attached hydrogens (tertiary/aromatic N) is 3. The largest absolute Gasteiger partial charge is 0.427 e. The molecule has 0 radical (unpaired) electrons. The topological polar surface area (TPSA) is 135 Å². The zero-order chi connectivity index (χ0) is 20.2. The Labute approximate surface area is 165 Å². The van der Waals surface area contributed by atoms with Gasteiger partial charge in [-0.25, -0.2) is 4.79 Å². The number of hydrogen-bond acceptors (Lipinski definition) is 8. The first kappa shape index (κ1) is 18.8. The SMILES string of the molecule is Cc1cc(C2CCNCC2)oc(=O)c1C(=O)Nc1ccc(Oc2nn[nH]n2)cc1. The fraction of sp³-hybridized carbons (Fsp3) is 0.316. The highest BCUT2D eigenvalue weighted by molar-refractivity contribution is 6.04. The fourth-order valence-corrected chi connectivity index (χ4v) is 3.31. The molecule has 0 aliphatic carbocycles. The summed E-state index contributed by atoms with van der Waals surface area (Å²) in [7, 11) is 0. The van der Waals surface area contributed by atoms with Crippen LogP contribution in [-0.2, 0) is 0 Å². The number of aryl methyl sites for hydroxylation is 1. The van der Waals surface area contributed by atoms with Gasteiger partial charge in [0.05, 0.1) is 0 Å². The van der Waals surface area contributed by atoms with Crippen LogP contribution in [0.4, 0.5) is 5.69 Å². The van der Waals surface area contributed by atoms with Gasteiger partial charge in [0, 0.05) is 11.6 Å². The van der Waals surface area contributed by atoms with Gasteiger partial charge in [-0.05, 0) is 74.0 Å². The molecular formula is C19H20N6O4. The van der Waals surface area contributed by atoms with E-state index in [2.05, 4.69) is 31.3 Å². The maximum atomic E-state index is 12.6. The number of anilines is 1. The van der Waals surface area contributed by atoms with Crippen molar-refractivity contribution in [1.82, 2.24) is 25.9 Å². The second-order valence-electron chi connectivity index (χ2n) is 6.79. The summed E-state index contributed by atoms with van der Waals surface area (Å²) in [6.07, 6.45) is 1.82. The quantitative estimate of drug-likeness (QED) is 0.596. The molecule has 1 saturated heterocycles. The summed E-state index contributed by atoms with van der Waals surface area (Å²) >= 11 is 0. The van der Waals surface area contributed by atoms with Crippen molar-refractivity contribution < 1.29 is 13.9 Å². The molecule has 3 N–H and O–H groups in total. The van der Waals surface area contributed by atoms with Gasteiger partial charge < -0.3 is 19.8 Å². The van der Waals surface area contributed by atoms with E-state index in [-0.39, 0.29) is 17.5 Å². The van der Waals surface area contributed by atoms with Gasteiger partial charge in [-0.2, -0.15) is 5.21 Å². The lowest BCUT2D eigenvalue weighted by atomic mass is 9.94. The number of hydrogen-bond donors (Lipinski definition) is 3. The van der Waals surface area contributed by atoms with Crippen molar-refractivity contribution in [2.45, 2.75) is 25.7 Å². The number of aromatic amines is 1. The number of amides is 1. The summed E-state index contributed by atoms with van der Waals surface area (Å²) in [6, 6.07) is 8.46. The van der Waals surface area contributed by atoms with E-state index >= 15 is 0 Å². The molecule has 29 heavy (non-hydrogen) atoms. The first-order valence-corrected chi connectivity index (χ1v) is 9.28. The van der Waals surface area contributed by atoms with Gasteiger partial charge in [-0.1, -0.05) is 10.2 Å². The highest BCUT2D eigenvalue weighted by Gasteiger charge is 2.22. The van der Waals surface area contributed by atoms with Crippen molar-refractivity contribution in [3.8, 4) is 11.8 Å². The fourth-order valence-electron chi connectivity index (χ4n) is 3.31. The van der Waals surface area contributed by atoms with Crippen LogP contribution >= 0.6 is 0 Å². The molecule has 2 aromatic heterocycles. The van der Waals surface area contributed by atoms with Crippen LogP contribution in [0.2, 0.25) is 0 Å². The van der Waals surface area contributed by atoms with E-state index in [0.29, 0.717) is 22.8 Å². The number of piperidine rings is 1. The molecule has 0 bridgehead atoms. The first-order valence-electron chi connectivity index (χ1n) is 9.28. The van der Waals surface area contributed by atoms with E-state index in [1.54, 1.807) is 37.3 Å². The van der Waals surface area contributed by atoms with Gasteiger partial charge in [-0.3, -0.25) is 4.79 Å². The molecule has 150 valence electrons. The zero-order valence-electron chi connectivity index (χ0n) is 15.8. The second kappa shape index (κ2) is 8.23. The van der Waals surface area contributed by atoms with E-state index in [0.717, 1.165) is 25.9 Å². The van der Waals surface area contributed by atoms with Crippen LogP contribution in [0.5, 0.6) is 11.8 Å². The summed E-state index contributed by atoms with van der Waals surface area (Å²) in [4.78, 5) is 25.1. The maximum Gasteiger partial charge on any atom is 0.361 e. The Hall–Kier alpha value is -3.53. The van der Waals surface area contributed by atoms with Gasteiger partial charge in [0.25, 0.3) is 5.91 Å². The number of benzene rings is 1. The van der Waals surface area contributed by atoms with E-state index in [1.165, 1.54) is 0 Å². The van der Waals surface area contributed by atoms with Gasteiger partial charge in [0.15, 0.2) is 0 Å². The molecule has 10 nitrogen and oxygen atoms in total. The molecule has 4 rings (SSSR count). The summed E-state index contributed by atoms with van der Waals surface area (Å²) in [5.41, 5.74) is 0.504. The van der Waals surface area contributed by atoms with Crippen LogP contribution in [0, 0.1) is 6.92 Å². The number of tetrazole rings is 1. The second-order valence-corrected chi connectivity index (χ2v) is 6.79. The van der Waals surface area contributed by atoms with Crippen molar-refractivity contribution in [3.63, 3.8) is 0 Å². The molecule has 1 aromatic carbocycles. The smallest absolute Gasteiger partial charge is 0.361 e. The number of carbonyl (C=O) groups excluding carboxylic acids is 1. The summed E-state index contributed by atoms with van der Waals surface area (Å²) in [5, 5.41) is 19.1.